The molecule has 0 amide bonds. The summed E-state index contributed by atoms with van der Waals surface area (Å²) >= 11 is 13.5. The van der Waals surface area contributed by atoms with Gasteiger partial charge in [-0.25, -0.2) is 0 Å². The van der Waals surface area contributed by atoms with Crippen LogP contribution in [-0.2, 0) is 6.54 Å². The van der Waals surface area contributed by atoms with E-state index in [0.29, 0.717) is 13.2 Å². The number of benzene rings is 2. The van der Waals surface area contributed by atoms with E-state index >= 15 is 0 Å². The van der Waals surface area contributed by atoms with Crippen LogP contribution in [0.3, 0.4) is 0 Å². The summed E-state index contributed by atoms with van der Waals surface area (Å²) in [5.41, 5.74) is 2.25. The molecule has 2 aliphatic heterocycles. The summed E-state index contributed by atoms with van der Waals surface area (Å²) in [6.45, 7) is 6.50. The average molecular weight is 596 g/mol. The fourth-order valence-electron chi connectivity index (χ4n) is 3.88. The molecule has 1 saturated heterocycles. The molecule has 4 rings (SSSR count). The molecular weight excluding hydrogens is 570 g/mol. The Kier molecular flexibility index (Phi) is 8.28. The van der Waals surface area contributed by atoms with E-state index in [4.69, 9.17) is 21.1 Å². The molecule has 0 aliphatic carbocycles. The molecule has 0 spiro atoms. The number of nitrogens with one attached hydrogen (secondary N) is 1. The molecule has 0 atom stereocenters. The van der Waals surface area contributed by atoms with Gasteiger partial charge in [0.25, 0.3) is 0 Å². The van der Waals surface area contributed by atoms with E-state index in [9.17, 15) is 0 Å². The van der Waals surface area contributed by atoms with Crippen molar-refractivity contribution in [2.75, 3.05) is 32.8 Å². The Morgan fingerprint density at radius 2 is 1.67 bits per heavy atom. The van der Waals surface area contributed by atoms with Gasteiger partial charge in [0.15, 0.2) is 11.5 Å². The molecule has 2 heterocycles. The third-order valence-electron chi connectivity index (χ3n) is 5.40. The first-order valence-corrected chi connectivity index (χ1v) is 12.8. The van der Waals surface area contributed by atoms with Gasteiger partial charge in [0.2, 0.25) is 0 Å². The second-order valence-electron chi connectivity index (χ2n) is 7.60. The van der Waals surface area contributed by atoms with E-state index in [0.717, 1.165) is 63.2 Å². The number of rotatable bonds is 8. The molecule has 0 bridgehead atoms. The highest BCUT2D eigenvalue weighted by atomic mass is 79.9. The van der Waals surface area contributed by atoms with Crippen LogP contribution >= 0.6 is 43.5 Å². The smallest absolute Gasteiger partial charge is 0.161 e. The van der Waals surface area contributed by atoms with Crippen molar-refractivity contribution in [2.45, 2.75) is 13.5 Å². The highest BCUT2D eigenvalue weighted by molar-refractivity contribution is 9.14. The van der Waals surface area contributed by atoms with Crippen molar-refractivity contribution in [3.05, 3.63) is 91.9 Å². The van der Waals surface area contributed by atoms with Gasteiger partial charge in [-0.1, -0.05) is 35.9 Å². The quantitative estimate of drug-likeness (QED) is 0.392. The van der Waals surface area contributed by atoms with Crippen LogP contribution in [0, 0.1) is 0 Å². The number of hydrogen-bond acceptors (Lipinski definition) is 5. The molecule has 33 heavy (non-hydrogen) atoms. The second-order valence-corrected chi connectivity index (χ2v) is 9.69. The fraction of sp³-hybridized carbons (Fsp3) is 0.280. The van der Waals surface area contributed by atoms with Gasteiger partial charge in [0.1, 0.15) is 12.4 Å². The summed E-state index contributed by atoms with van der Waals surface area (Å²) in [5.74, 6) is 2.69. The SMILES string of the molecule is CCOc1ccccc1OCCN1CCN(Cc2ccc(Cl)cc2)C1=C1NC=CC(Br)=C1Br. The molecule has 1 N–H and O–H groups in total. The van der Waals surface area contributed by atoms with Gasteiger partial charge < -0.3 is 24.6 Å². The van der Waals surface area contributed by atoms with Gasteiger partial charge in [0.05, 0.1) is 23.3 Å². The first-order chi connectivity index (χ1) is 16.1. The molecule has 0 saturated carbocycles. The summed E-state index contributed by atoms with van der Waals surface area (Å²) in [4.78, 5) is 4.75. The predicted molar refractivity (Wildman–Crippen MR) is 141 cm³/mol. The standard InChI is InChI=1S/C25H26Br2ClN3O2/c1-2-32-21-5-3-4-6-22(21)33-16-15-30-13-14-31(17-18-7-9-19(28)10-8-18)25(30)24-23(27)20(26)11-12-29-24/h3-12,29H,2,13-17H2,1H3. The number of hydrogen-bond donors (Lipinski definition) is 1. The van der Waals surface area contributed by atoms with E-state index in [-0.39, 0.29) is 0 Å². The van der Waals surface area contributed by atoms with Crippen LogP contribution in [0.5, 0.6) is 11.5 Å². The van der Waals surface area contributed by atoms with Crippen LogP contribution in [-0.4, -0.2) is 42.6 Å². The zero-order valence-corrected chi connectivity index (χ0v) is 22.3. The van der Waals surface area contributed by atoms with Crippen LogP contribution in [0.25, 0.3) is 0 Å². The first-order valence-electron chi connectivity index (χ1n) is 10.9. The summed E-state index contributed by atoms with van der Waals surface area (Å²) in [5, 5.41) is 4.18. The van der Waals surface area contributed by atoms with E-state index < -0.39 is 0 Å². The predicted octanol–water partition coefficient (Wildman–Crippen LogP) is 6.22. The van der Waals surface area contributed by atoms with Crippen LogP contribution in [0.2, 0.25) is 5.02 Å². The lowest BCUT2D eigenvalue weighted by molar-refractivity contribution is 0.233. The van der Waals surface area contributed by atoms with Crippen LogP contribution in [0.15, 0.2) is 81.3 Å². The summed E-state index contributed by atoms with van der Waals surface area (Å²) in [6.07, 6.45) is 3.94. The van der Waals surface area contributed by atoms with E-state index in [1.54, 1.807) is 0 Å². The molecular formula is C25H26Br2ClN3O2. The van der Waals surface area contributed by atoms with Crippen molar-refractivity contribution in [1.29, 1.82) is 0 Å². The Hall–Kier alpha value is -2.09. The van der Waals surface area contributed by atoms with Gasteiger partial charge in [-0.15, -0.1) is 0 Å². The minimum absolute atomic E-state index is 0.550. The lowest BCUT2D eigenvalue weighted by Gasteiger charge is -2.29. The summed E-state index contributed by atoms with van der Waals surface area (Å²) in [7, 11) is 0. The highest BCUT2D eigenvalue weighted by Crippen LogP contribution is 2.34. The molecule has 5 nitrogen and oxygen atoms in total. The Balaban J connectivity index is 1.53. The Bertz CT molecular complexity index is 1070. The zero-order chi connectivity index (χ0) is 23.2. The van der Waals surface area contributed by atoms with E-state index in [1.165, 1.54) is 5.56 Å². The van der Waals surface area contributed by atoms with Crippen molar-refractivity contribution < 1.29 is 9.47 Å². The number of allylic oxidation sites excluding steroid dienone is 3. The topological polar surface area (TPSA) is 37.0 Å². The van der Waals surface area contributed by atoms with Gasteiger partial charge in [0, 0.05) is 35.3 Å². The lowest BCUT2D eigenvalue weighted by atomic mass is 10.2. The maximum atomic E-state index is 6.11. The van der Waals surface area contributed by atoms with Crippen LogP contribution < -0.4 is 14.8 Å². The number of halogens is 3. The lowest BCUT2D eigenvalue weighted by Crippen LogP contribution is -2.31. The minimum atomic E-state index is 0.550. The Morgan fingerprint density at radius 3 is 2.39 bits per heavy atom. The van der Waals surface area contributed by atoms with Crippen molar-refractivity contribution >= 4 is 43.5 Å². The second kappa shape index (κ2) is 11.4. The summed E-state index contributed by atoms with van der Waals surface area (Å²) < 4.78 is 13.8. The van der Waals surface area contributed by atoms with Crippen molar-refractivity contribution in [2.24, 2.45) is 0 Å². The number of para-hydroxylation sites is 2. The molecule has 174 valence electrons. The van der Waals surface area contributed by atoms with Gasteiger partial charge in [-0.2, -0.15) is 0 Å². The molecule has 0 unspecified atom stereocenters. The maximum Gasteiger partial charge on any atom is 0.161 e. The van der Waals surface area contributed by atoms with Crippen LogP contribution in [0.4, 0.5) is 0 Å². The summed E-state index contributed by atoms with van der Waals surface area (Å²) in [6, 6.07) is 15.8. The maximum absolute atomic E-state index is 6.11. The van der Waals surface area contributed by atoms with E-state index in [2.05, 4.69) is 59.1 Å². The highest BCUT2D eigenvalue weighted by Gasteiger charge is 2.30. The van der Waals surface area contributed by atoms with Crippen molar-refractivity contribution in [3.63, 3.8) is 0 Å². The number of dihydropyridines is 1. The number of nitrogens with zero attached hydrogens (tertiary/aromatic N) is 2. The zero-order valence-electron chi connectivity index (χ0n) is 18.4. The fourth-order valence-corrected chi connectivity index (χ4v) is 4.76. The van der Waals surface area contributed by atoms with Crippen LogP contribution in [0.1, 0.15) is 12.5 Å². The van der Waals surface area contributed by atoms with E-state index in [1.807, 2.05) is 55.6 Å². The monoisotopic (exact) mass is 593 g/mol. The molecule has 2 aromatic rings. The van der Waals surface area contributed by atoms with Crippen molar-refractivity contribution in [1.82, 2.24) is 15.1 Å². The largest absolute Gasteiger partial charge is 0.490 e. The number of ether oxygens (including phenoxy) is 2. The third kappa shape index (κ3) is 5.89. The third-order valence-corrected chi connectivity index (χ3v) is 7.67. The van der Waals surface area contributed by atoms with Gasteiger partial charge in [-0.05, 0) is 74.7 Å². The Labute approximate surface area is 216 Å². The molecule has 8 heteroatoms. The Morgan fingerprint density at radius 1 is 0.970 bits per heavy atom. The average Bonchev–Trinajstić information content (AvgIpc) is 3.20. The first kappa shape index (κ1) is 24.0. The molecule has 2 aliphatic rings. The normalized spacial score (nSPS) is 18.1. The minimum Gasteiger partial charge on any atom is -0.490 e. The molecule has 2 aromatic carbocycles. The molecule has 0 aromatic heterocycles. The van der Waals surface area contributed by atoms with Crippen molar-refractivity contribution in [3.8, 4) is 11.5 Å². The van der Waals surface area contributed by atoms with Gasteiger partial charge >= 0.3 is 0 Å². The molecule has 1 fully saturated rings. The van der Waals surface area contributed by atoms with Gasteiger partial charge in [-0.3, -0.25) is 0 Å². The molecule has 0 radical (unpaired) electrons.